The summed E-state index contributed by atoms with van der Waals surface area (Å²) in [6, 6.07) is 15.1. The largest absolute Gasteiger partial charge is 0.488 e. The van der Waals surface area contributed by atoms with Crippen LogP contribution >= 0.6 is 0 Å². The van der Waals surface area contributed by atoms with Gasteiger partial charge in [-0.1, -0.05) is 30.3 Å². The van der Waals surface area contributed by atoms with Gasteiger partial charge in [0.05, 0.1) is 18.2 Å². The Hall–Kier alpha value is -2.31. The lowest BCUT2D eigenvalue weighted by Crippen LogP contribution is -2.00. The Morgan fingerprint density at radius 2 is 1.89 bits per heavy atom. The number of aliphatic hydroxyl groups excluding tert-OH is 1. The monoisotopic (exact) mass is 253 g/mol. The maximum Gasteiger partial charge on any atom is 0.128 e. The molecule has 0 unspecified atom stereocenters. The summed E-state index contributed by atoms with van der Waals surface area (Å²) in [5, 5.41) is 18.0. The highest BCUT2D eigenvalue weighted by atomic mass is 16.5. The van der Waals surface area contributed by atoms with Crippen LogP contribution in [-0.4, -0.2) is 5.11 Å². The normalized spacial score (nSPS) is 9.95. The number of rotatable bonds is 4. The van der Waals surface area contributed by atoms with Crippen LogP contribution in [0.1, 0.15) is 22.3 Å². The average Bonchev–Trinajstić information content (AvgIpc) is 2.46. The molecule has 19 heavy (non-hydrogen) atoms. The van der Waals surface area contributed by atoms with Crippen molar-refractivity contribution < 1.29 is 9.84 Å². The van der Waals surface area contributed by atoms with Crippen LogP contribution in [0.5, 0.6) is 5.75 Å². The van der Waals surface area contributed by atoms with E-state index in [-0.39, 0.29) is 6.61 Å². The molecular formula is C16H15NO2. The van der Waals surface area contributed by atoms with E-state index in [1.165, 1.54) is 0 Å². The number of aliphatic hydroxyl groups is 1. The van der Waals surface area contributed by atoms with Gasteiger partial charge in [-0.3, -0.25) is 0 Å². The molecule has 0 aliphatic carbocycles. The molecule has 3 nitrogen and oxygen atoms in total. The Balaban J connectivity index is 2.12. The molecular weight excluding hydrogens is 238 g/mol. The molecule has 2 aromatic rings. The van der Waals surface area contributed by atoms with Gasteiger partial charge in [-0.25, -0.2) is 0 Å². The zero-order valence-corrected chi connectivity index (χ0v) is 10.8. The molecule has 0 saturated carbocycles. The number of hydrogen-bond acceptors (Lipinski definition) is 3. The number of hydrogen-bond donors (Lipinski definition) is 1. The van der Waals surface area contributed by atoms with Crippen molar-refractivity contribution in [3.63, 3.8) is 0 Å². The summed E-state index contributed by atoms with van der Waals surface area (Å²) in [5.41, 5.74) is 3.41. The van der Waals surface area contributed by atoms with E-state index in [1.807, 2.05) is 37.3 Å². The highest BCUT2D eigenvalue weighted by Gasteiger charge is 2.06. The van der Waals surface area contributed by atoms with Crippen LogP contribution < -0.4 is 4.74 Å². The fourth-order valence-corrected chi connectivity index (χ4v) is 1.88. The molecule has 0 atom stereocenters. The van der Waals surface area contributed by atoms with Crippen molar-refractivity contribution in [2.45, 2.75) is 20.1 Å². The fraction of sp³-hybridized carbons (Fsp3) is 0.188. The van der Waals surface area contributed by atoms with Crippen molar-refractivity contribution in [3.8, 4) is 11.8 Å². The molecule has 0 amide bonds. The van der Waals surface area contributed by atoms with Crippen LogP contribution in [0.25, 0.3) is 0 Å². The maximum atomic E-state index is 9.29. The van der Waals surface area contributed by atoms with E-state index in [1.54, 1.807) is 12.1 Å². The molecule has 0 aliphatic heterocycles. The molecule has 0 saturated heterocycles. The minimum absolute atomic E-state index is 0.0373. The van der Waals surface area contributed by atoms with E-state index < -0.39 is 0 Å². The summed E-state index contributed by atoms with van der Waals surface area (Å²) >= 11 is 0. The molecule has 2 aromatic carbocycles. The maximum absolute atomic E-state index is 9.29. The molecule has 0 bridgehead atoms. The SMILES string of the molecule is Cc1cccc(CO)c1OCc1ccc(C#N)cc1. The molecule has 0 heterocycles. The van der Waals surface area contributed by atoms with Gasteiger partial charge in [-0.15, -0.1) is 0 Å². The standard InChI is InChI=1S/C16H15NO2/c1-12-3-2-4-15(10-18)16(12)19-11-14-7-5-13(9-17)6-8-14/h2-8,18H,10-11H2,1H3. The lowest BCUT2D eigenvalue weighted by atomic mass is 10.1. The summed E-state index contributed by atoms with van der Waals surface area (Å²) in [7, 11) is 0. The van der Waals surface area contributed by atoms with Gasteiger partial charge in [0.1, 0.15) is 12.4 Å². The highest BCUT2D eigenvalue weighted by molar-refractivity contribution is 5.40. The number of nitriles is 1. The van der Waals surface area contributed by atoms with Crippen LogP contribution in [0.2, 0.25) is 0 Å². The highest BCUT2D eigenvalue weighted by Crippen LogP contribution is 2.24. The number of nitrogens with zero attached hydrogens (tertiary/aromatic N) is 1. The fourth-order valence-electron chi connectivity index (χ4n) is 1.88. The van der Waals surface area contributed by atoms with Gasteiger partial charge in [-0.05, 0) is 30.2 Å². The van der Waals surface area contributed by atoms with Gasteiger partial charge in [0.2, 0.25) is 0 Å². The molecule has 0 spiro atoms. The molecule has 0 radical (unpaired) electrons. The molecule has 2 rings (SSSR count). The first-order valence-corrected chi connectivity index (χ1v) is 6.06. The topological polar surface area (TPSA) is 53.2 Å². The van der Waals surface area contributed by atoms with E-state index in [4.69, 9.17) is 10.00 Å². The smallest absolute Gasteiger partial charge is 0.128 e. The van der Waals surface area contributed by atoms with Crippen molar-refractivity contribution >= 4 is 0 Å². The first-order chi connectivity index (χ1) is 9.24. The molecule has 3 heteroatoms. The second-order valence-corrected chi connectivity index (χ2v) is 4.32. The van der Waals surface area contributed by atoms with Gasteiger partial charge in [-0.2, -0.15) is 5.26 Å². The molecule has 0 aromatic heterocycles. The summed E-state index contributed by atoms with van der Waals surface area (Å²) in [6.45, 7) is 2.33. The van der Waals surface area contributed by atoms with Crippen LogP contribution in [-0.2, 0) is 13.2 Å². The second kappa shape index (κ2) is 6.03. The predicted octanol–water partition coefficient (Wildman–Crippen LogP) is 2.94. The van der Waals surface area contributed by atoms with Crippen LogP contribution in [0.4, 0.5) is 0 Å². The van der Waals surface area contributed by atoms with Crippen molar-refractivity contribution in [2.24, 2.45) is 0 Å². The molecule has 1 N–H and O–H groups in total. The Morgan fingerprint density at radius 3 is 2.53 bits per heavy atom. The summed E-state index contributed by atoms with van der Waals surface area (Å²) in [5.74, 6) is 0.731. The number of benzene rings is 2. The third-order valence-corrected chi connectivity index (χ3v) is 2.93. The van der Waals surface area contributed by atoms with Crippen molar-refractivity contribution in [2.75, 3.05) is 0 Å². The first-order valence-electron chi connectivity index (χ1n) is 6.06. The summed E-state index contributed by atoms with van der Waals surface area (Å²) < 4.78 is 5.78. The Morgan fingerprint density at radius 1 is 1.16 bits per heavy atom. The van der Waals surface area contributed by atoms with Gasteiger partial charge in [0, 0.05) is 5.56 Å². The van der Waals surface area contributed by atoms with Crippen molar-refractivity contribution in [3.05, 3.63) is 64.7 Å². The number of ether oxygens (including phenoxy) is 1. The lowest BCUT2D eigenvalue weighted by molar-refractivity contribution is 0.258. The van der Waals surface area contributed by atoms with Crippen LogP contribution in [0.3, 0.4) is 0 Å². The quantitative estimate of drug-likeness (QED) is 0.911. The second-order valence-electron chi connectivity index (χ2n) is 4.32. The first kappa shape index (κ1) is 13.1. The van der Waals surface area contributed by atoms with Gasteiger partial charge >= 0.3 is 0 Å². The Labute approximate surface area is 112 Å². The predicted molar refractivity (Wildman–Crippen MR) is 72.6 cm³/mol. The van der Waals surface area contributed by atoms with Crippen LogP contribution in [0, 0.1) is 18.3 Å². The van der Waals surface area contributed by atoms with Gasteiger partial charge < -0.3 is 9.84 Å². The van der Waals surface area contributed by atoms with Crippen molar-refractivity contribution in [1.29, 1.82) is 5.26 Å². The zero-order valence-electron chi connectivity index (χ0n) is 10.8. The van der Waals surface area contributed by atoms with Crippen LogP contribution in [0.15, 0.2) is 42.5 Å². The third-order valence-electron chi connectivity index (χ3n) is 2.93. The number of aryl methyl sites for hydroxylation is 1. The Kier molecular flexibility index (Phi) is 4.17. The van der Waals surface area contributed by atoms with Gasteiger partial charge in [0.25, 0.3) is 0 Å². The average molecular weight is 253 g/mol. The third kappa shape index (κ3) is 3.12. The van der Waals surface area contributed by atoms with Crippen molar-refractivity contribution in [1.82, 2.24) is 0 Å². The van der Waals surface area contributed by atoms with E-state index in [9.17, 15) is 5.11 Å². The van der Waals surface area contributed by atoms with E-state index >= 15 is 0 Å². The molecule has 0 aliphatic rings. The number of para-hydroxylation sites is 1. The lowest BCUT2D eigenvalue weighted by Gasteiger charge is -2.12. The minimum atomic E-state index is -0.0373. The van der Waals surface area contributed by atoms with Gasteiger partial charge in [0.15, 0.2) is 0 Å². The zero-order chi connectivity index (χ0) is 13.7. The summed E-state index contributed by atoms with van der Waals surface area (Å²) in [6.07, 6.45) is 0. The molecule has 96 valence electrons. The Bertz CT molecular complexity index is 597. The van der Waals surface area contributed by atoms with E-state index in [0.717, 1.165) is 22.4 Å². The molecule has 0 fully saturated rings. The van der Waals surface area contributed by atoms with E-state index in [0.29, 0.717) is 12.2 Å². The summed E-state index contributed by atoms with van der Waals surface area (Å²) in [4.78, 5) is 0. The minimum Gasteiger partial charge on any atom is -0.488 e. The van der Waals surface area contributed by atoms with E-state index in [2.05, 4.69) is 6.07 Å².